The lowest BCUT2D eigenvalue weighted by Crippen LogP contribution is -2.57. The number of nitrogens with one attached hydrogen (secondary N) is 3. The van der Waals surface area contributed by atoms with Gasteiger partial charge in [0.15, 0.2) is 0 Å². The summed E-state index contributed by atoms with van der Waals surface area (Å²) in [6.45, 7) is 2.07. The molecule has 3 heterocycles. The van der Waals surface area contributed by atoms with E-state index >= 15 is 0 Å². The van der Waals surface area contributed by atoms with Gasteiger partial charge in [-0.05, 0) is 56.8 Å². The van der Waals surface area contributed by atoms with Crippen molar-refractivity contribution in [3.05, 3.63) is 23.8 Å². The fourth-order valence-corrected chi connectivity index (χ4v) is 4.47. The van der Waals surface area contributed by atoms with E-state index in [1.807, 2.05) is 0 Å². The van der Waals surface area contributed by atoms with Crippen molar-refractivity contribution in [1.82, 2.24) is 30.9 Å². The Labute approximate surface area is 162 Å². The summed E-state index contributed by atoms with van der Waals surface area (Å²) in [6.07, 6.45) is 4.03. The fourth-order valence-electron chi connectivity index (χ4n) is 4.47. The molecule has 9 nitrogen and oxygen atoms in total. The average molecular weight is 386 g/mol. The van der Waals surface area contributed by atoms with Crippen LogP contribution in [0.5, 0.6) is 0 Å². The van der Waals surface area contributed by atoms with Gasteiger partial charge in [0.2, 0.25) is 5.91 Å². The second-order valence-electron chi connectivity index (χ2n) is 7.67. The molecule has 0 bridgehead atoms. The molecular weight excluding hydrogens is 360 g/mol. The summed E-state index contributed by atoms with van der Waals surface area (Å²) >= 11 is 0. The number of aromatic amines is 1. The highest BCUT2D eigenvalue weighted by molar-refractivity contribution is 5.97. The number of hydrogen-bond donors (Lipinski definition) is 4. The number of carbonyl (C=O) groups excluding carboxylic acids is 2. The van der Waals surface area contributed by atoms with Crippen molar-refractivity contribution in [2.45, 2.75) is 43.7 Å². The van der Waals surface area contributed by atoms with Gasteiger partial charge < -0.3 is 15.7 Å². The van der Waals surface area contributed by atoms with E-state index in [9.17, 15) is 9.59 Å². The third kappa shape index (κ3) is 3.47. The lowest BCUT2D eigenvalue weighted by Gasteiger charge is -2.40. The molecule has 0 unspecified atom stereocenters. The molecule has 150 valence electrons. The molecule has 0 radical (unpaired) electrons. The second kappa shape index (κ2) is 7.84. The van der Waals surface area contributed by atoms with Gasteiger partial charge in [0.25, 0.3) is 5.91 Å². The molecule has 1 aromatic carbocycles. The monoisotopic (exact) mass is 386 g/mol. The number of aliphatic hydroxyl groups is 1. The van der Waals surface area contributed by atoms with Gasteiger partial charge in [-0.15, -0.1) is 0 Å². The van der Waals surface area contributed by atoms with Crippen molar-refractivity contribution in [3.8, 4) is 0 Å². The fraction of sp³-hybridized carbons (Fsp3) is 0.579. The van der Waals surface area contributed by atoms with Crippen LogP contribution < -0.4 is 10.6 Å². The standard InChI is InChI=1S/C19H26N6O3/c26-9-3-7-20-18(28)19-6-1-2-8-25(19)12-14(11-19)21-17(27)13-4-5-15-16(10-13)23-24-22-15/h4-5,10,14,26H,1-3,6-9,11-12H2,(H,20,28)(H,21,27)(H,22,23,24)/t14-,19-/m0/s1. The summed E-state index contributed by atoms with van der Waals surface area (Å²) in [4.78, 5) is 27.9. The normalized spacial score (nSPS) is 24.8. The maximum Gasteiger partial charge on any atom is 0.251 e. The zero-order valence-corrected chi connectivity index (χ0v) is 15.8. The highest BCUT2D eigenvalue weighted by Gasteiger charge is 2.52. The van der Waals surface area contributed by atoms with Crippen LogP contribution >= 0.6 is 0 Å². The minimum atomic E-state index is -0.554. The Kier molecular flexibility index (Phi) is 5.27. The second-order valence-corrected chi connectivity index (χ2v) is 7.67. The molecule has 28 heavy (non-hydrogen) atoms. The van der Waals surface area contributed by atoms with Crippen LogP contribution in [0.15, 0.2) is 18.2 Å². The van der Waals surface area contributed by atoms with E-state index in [1.54, 1.807) is 18.2 Å². The van der Waals surface area contributed by atoms with Crippen molar-refractivity contribution in [3.63, 3.8) is 0 Å². The Bertz CT molecular complexity index is 868. The first-order chi connectivity index (χ1) is 13.6. The number of aromatic nitrogens is 3. The number of amides is 2. The highest BCUT2D eigenvalue weighted by Crippen LogP contribution is 2.38. The summed E-state index contributed by atoms with van der Waals surface area (Å²) in [7, 11) is 0. The van der Waals surface area contributed by atoms with Crippen LogP contribution in [0.1, 0.15) is 42.5 Å². The van der Waals surface area contributed by atoms with E-state index in [2.05, 4.69) is 30.9 Å². The highest BCUT2D eigenvalue weighted by atomic mass is 16.3. The molecule has 4 N–H and O–H groups in total. The molecule has 0 aliphatic carbocycles. The minimum absolute atomic E-state index is 0.0152. The number of fused-ring (bicyclic) bond motifs is 2. The Morgan fingerprint density at radius 1 is 1.29 bits per heavy atom. The molecule has 2 aliphatic heterocycles. The van der Waals surface area contributed by atoms with Gasteiger partial charge in [0.05, 0.1) is 0 Å². The van der Waals surface area contributed by atoms with Gasteiger partial charge in [-0.3, -0.25) is 14.5 Å². The molecular formula is C19H26N6O3. The van der Waals surface area contributed by atoms with E-state index < -0.39 is 5.54 Å². The number of piperidine rings is 1. The molecule has 0 saturated carbocycles. The van der Waals surface area contributed by atoms with Gasteiger partial charge in [0.1, 0.15) is 16.6 Å². The van der Waals surface area contributed by atoms with Crippen LogP contribution in [0, 0.1) is 0 Å². The number of carbonyl (C=O) groups is 2. The molecule has 9 heteroatoms. The van der Waals surface area contributed by atoms with Crippen LogP contribution in [0.4, 0.5) is 0 Å². The van der Waals surface area contributed by atoms with Crippen LogP contribution in [0.3, 0.4) is 0 Å². The Morgan fingerprint density at radius 2 is 2.14 bits per heavy atom. The van der Waals surface area contributed by atoms with Crippen LogP contribution in [-0.2, 0) is 4.79 Å². The Balaban J connectivity index is 1.45. The summed E-state index contributed by atoms with van der Waals surface area (Å²) in [6, 6.07) is 5.14. The molecule has 2 amide bonds. The summed E-state index contributed by atoms with van der Waals surface area (Å²) < 4.78 is 0. The SMILES string of the molecule is O=C(N[C@@H]1CN2CCCC[C@@]2(C(=O)NCCCO)C1)c1ccc2n[nH]nc2c1. The zero-order chi connectivity index (χ0) is 19.6. The smallest absolute Gasteiger partial charge is 0.251 e. The molecule has 2 aromatic rings. The zero-order valence-electron chi connectivity index (χ0n) is 15.8. The maximum atomic E-state index is 12.9. The van der Waals surface area contributed by atoms with Crippen molar-refractivity contribution < 1.29 is 14.7 Å². The summed E-state index contributed by atoms with van der Waals surface area (Å²) in [5, 5.41) is 25.6. The molecule has 2 fully saturated rings. The molecule has 4 rings (SSSR count). The number of benzene rings is 1. The maximum absolute atomic E-state index is 12.9. The van der Waals surface area contributed by atoms with Crippen LogP contribution in [0.25, 0.3) is 11.0 Å². The van der Waals surface area contributed by atoms with Gasteiger partial charge in [-0.2, -0.15) is 15.4 Å². The van der Waals surface area contributed by atoms with Gasteiger partial charge in [0, 0.05) is 31.3 Å². The first-order valence-electron chi connectivity index (χ1n) is 9.88. The molecule has 2 aliphatic rings. The minimum Gasteiger partial charge on any atom is -0.396 e. The number of nitrogens with zero attached hydrogens (tertiary/aromatic N) is 3. The average Bonchev–Trinajstić information content (AvgIpc) is 3.31. The molecule has 2 atom stereocenters. The Hall–Kier alpha value is -2.52. The summed E-state index contributed by atoms with van der Waals surface area (Å²) in [5.74, 6) is -0.146. The quantitative estimate of drug-likeness (QED) is 0.525. The van der Waals surface area contributed by atoms with Crippen LogP contribution in [-0.4, -0.2) is 75.1 Å². The Morgan fingerprint density at radius 3 is 3.00 bits per heavy atom. The first kappa shape index (κ1) is 18.8. The number of H-pyrrole nitrogens is 1. The number of aliphatic hydroxyl groups excluding tert-OH is 1. The van der Waals surface area contributed by atoms with Crippen molar-refractivity contribution in [2.75, 3.05) is 26.2 Å². The van der Waals surface area contributed by atoms with Crippen molar-refractivity contribution in [1.29, 1.82) is 0 Å². The van der Waals surface area contributed by atoms with Gasteiger partial charge in [-0.25, -0.2) is 0 Å². The van der Waals surface area contributed by atoms with E-state index in [-0.39, 0.29) is 24.5 Å². The topological polar surface area (TPSA) is 123 Å². The molecule has 0 spiro atoms. The molecule has 1 aromatic heterocycles. The molecule has 2 saturated heterocycles. The number of rotatable bonds is 6. The third-order valence-corrected chi connectivity index (χ3v) is 5.86. The largest absolute Gasteiger partial charge is 0.396 e. The lowest BCUT2D eigenvalue weighted by atomic mass is 9.84. The number of hydrogen-bond acceptors (Lipinski definition) is 6. The van der Waals surface area contributed by atoms with Crippen LogP contribution in [0.2, 0.25) is 0 Å². The van der Waals surface area contributed by atoms with Gasteiger partial charge in [-0.1, -0.05) is 0 Å². The predicted octanol–water partition coefficient (Wildman–Crippen LogP) is 0.183. The van der Waals surface area contributed by atoms with Gasteiger partial charge >= 0.3 is 0 Å². The van der Waals surface area contributed by atoms with E-state index in [0.29, 0.717) is 42.5 Å². The van der Waals surface area contributed by atoms with Crippen molar-refractivity contribution in [2.24, 2.45) is 0 Å². The summed E-state index contributed by atoms with van der Waals surface area (Å²) in [5.41, 5.74) is 1.35. The first-order valence-corrected chi connectivity index (χ1v) is 9.88. The third-order valence-electron chi connectivity index (χ3n) is 5.86. The van der Waals surface area contributed by atoms with Crippen molar-refractivity contribution >= 4 is 22.8 Å². The van der Waals surface area contributed by atoms with E-state index in [0.717, 1.165) is 25.8 Å². The predicted molar refractivity (Wildman–Crippen MR) is 103 cm³/mol. The van der Waals surface area contributed by atoms with E-state index in [1.165, 1.54) is 0 Å². The van der Waals surface area contributed by atoms with E-state index in [4.69, 9.17) is 5.11 Å². The lowest BCUT2D eigenvalue weighted by molar-refractivity contribution is -0.133.